The molecule has 74 valence electrons. The number of nitro benzene ring substituents is 1. The Morgan fingerprint density at radius 2 is 1.93 bits per heavy atom. The van der Waals surface area contributed by atoms with Crippen LogP contribution in [0.25, 0.3) is 0 Å². The lowest BCUT2D eigenvalue weighted by Crippen LogP contribution is -2.25. The molecule has 0 amide bonds. The Bertz CT molecular complexity index is 418. The maximum Gasteiger partial charge on any atom is 0.305 e. The van der Waals surface area contributed by atoms with Crippen LogP contribution in [-0.2, 0) is 0 Å². The summed E-state index contributed by atoms with van der Waals surface area (Å²) < 4.78 is 25.6. The maximum absolute atomic E-state index is 12.9. The third-order valence-electron chi connectivity index (χ3n) is 1.47. The van der Waals surface area contributed by atoms with Crippen molar-refractivity contribution in [2.24, 2.45) is 0 Å². The zero-order valence-corrected chi connectivity index (χ0v) is 6.49. The molecule has 0 unspecified atom stereocenters. The minimum Gasteiger partial charge on any atom is -0.545 e. The minimum absolute atomic E-state index is 0.492. The third-order valence-corrected chi connectivity index (χ3v) is 1.47. The number of rotatable bonds is 2. The number of hydrogen-bond acceptors (Lipinski definition) is 4. The van der Waals surface area contributed by atoms with Crippen LogP contribution in [0, 0.1) is 21.7 Å². The van der Waals surface area contributed by atoms with Gasteiger partial charge in [0.2, 0.25) is 5.82 Å². The molecule has 0 aliphatic heterocycles. The van der Waals surface area contributed by atoms with Gasteiger partial charge in [0.25, 0.3) is 0 Å². The normalized spacial score (nSPS) is 9.86. The van der Waals surface area contributed by atoms with Crippen LogP contribution in [0.2, 0.25) is 0 Å². The lowest BCUT2D eigenvalue weighted by atomic mass is 10.2. The fourth-order valence-electron chi connectivity index (χ4n) is 0.870. The molecule has 0 aromatic heterocycles. The number of benzene rings is 1. The van der Waals surface area contributed by atoms with Crippen LogP contribution >= 0.6 is 0 Å². The molecule has 0 N–H and O–H groups in total. The van der Waals surface area contributed by atoms with E-state index in [1.807, 2.05) is 0 Å². The van der Waals surface area contributed by atoms with Crippen LogP contribution in [-0.4, -0.2) is 10.9 Å². The van der Waals surface area contributed by atoms with Gasteiger partial charge < -0.3 is 9.90 Å². The molecule has 1 aromatic rings. The van der Waals surface area contributed by atoms with Crippen molar-refractivity contribution in [3.8, 4) is 0 Å². The van der Waals surface area contributed by atoms with Crippen molar-refractivity contribution in [1.29, 1.82) is 0 Å². The summed E-state index contributed by atoms with van der Waals surface area (Å²) in [7, 11) is 0. The number of carboxylic acid groups (broad SMARTS) is 1. The molecule has 0 heterocycles. The minimum atomic E-state index is -2.14. The standard InChI is InChI=1S/C7H3F2NO4/c8-3-1-2-4(10(13)14)6(9)5(3)7(11)12/h1-2H,(H,11,12)/p-1. The van der Waals surface area contributed by atoms with E-state index in [-0.39, 0.29) is 0 Å². The van der Waals surface area contributed by atoms with Gasteiger partial charge in [-0.1, -0.05) is 0 Å². The van der Waals surface area contributed by atoms with Gasteiger partial charge in [-0.05, 0) is 6.07 Å². The molecule has 5 nitrogen and oxygen atoms in total. The van der Waals surface area contributed by atoms with Crippen LogP contribution < -0.4 is 5.11 Å². The number of aromatic carboxylic acids is 1. The number of halogens is 2. The Morgan fingerprint density at radius 3 is 2.36 bits per heavy atom. The highest BCUT2D eigenvalue weighted by atomic mass is 19.1. The van der Waals surface area contributed by atoms with Crippen LogP contribution in [0.1, 0.15) is 10.4 Å². The zero-order valence-electron chi connectivity index (χ0n) is 6.49. The average molecular weight is 202 g/mol. The van der Waals surface area contributed by atoms with Crippen LogP contribution in [0.4, 0.5) is 14.5 Å². The summed E-state index contributed by atoms with van der Waals surface area (Å²) in [6, 6.07) is 1.03. The van der Waals surface area contributed by atoms with E-state index in [4.69, 9.17) is 0 Å². The summed E-state index contributed by atoms with van der Waals surface area (Å²) in [5.41, 5.74) is -2.54. The molecular formula is C7H2F2NO4-. The summed E-state index contributed by atoms with van der Waals surface area (Å²) in [6.07, 6.45) is 0. The SMILES string of the molecule is O=C([O-])c1c(F)ccc([N+](=O)[O-])c1F. The van der Waals surface area contributed by atoms with E-state index in [9.17, 15) is 28.8 Å². The monoisotopic (exact) mass is 202 g/mol. The van der Waals surface area contributed by atoms with Crippen molar-refractivity contribution >= 4 is 11.7 Å². The van der Waals surface area contributed by atoms with Gasteiger partial charge >= 0.3 is 5.69 Å². The smallest absolute Gasteiger partial charge is 0.305 e. The summed E-state index contributed by atoms with van der Waals surface area (Å²) in [6.45, 7) is 0. The summed E-state index contributed by atoms with van der Waals surface area (Å²) >= 11 is 0. The van der Waals surface area contributed by atoms with E-state index in [0.29, 0.717) is 12.1 Å². The van der Waals surface area contributed by atoms with Crippen molar-refractivity contribution in [3.63, 3.8) is 0 Å². The second-order valence-electron chi connectivity index (χ2n) is 2.30. The summed E-state index contributed by atoms with van der Waals surface area (Å²) in [4.78, 5) is 19.2. The Hall–Kier alpha value is -2.05. The first-order chi connectivity index (χ1) is 6.45. The lowest BCUT2D eigenvalue weighted by molar-refractivity contribution is -0.387. The van der Waals surface area contributed by atoms with Crippen LogP contribution in [0.5, 0.6) is 0 Å². The Morgan fingerprint density at radius 1 is 1.36 bits per heavy atom. The molecule has 0 radical (unpaired) electrons. The van der Waals surface area contributed by atoms with Gasteiger partial charge in [0.15, 0.2) is 0 Å². The molecule has 0 aliphatic carbocycles. The molecule has 0 bridgehead atoms. The number of nitrogens with zero attached hydrogens (tertiary/aromatic N) is 1. The molecule has 0 saturated heterocycles. The molecule has 14 heavy (non-hydrogen) atoms. The lowest BCUT2D eigenvalue weighted by Gasteiger charge is -2.04. The highest BCUT2D eigenvalue weighted by molar-refractivity contribution is 5.87. The third kappa shape index (κ3) is 1.51. The van der Waals surface area contributed by atoms with E-state index in [1.165, 1.54) is 0 Å². The fraction of sp³-hybridized carbons (Fsp3) is 0. The van der Waals surface area contributed by atoms with Gasteiger partial charge in [-0.25, -0.2) is 4.39 Å². The van der Waals surface area contributed by atoms with Crippen molar-refractivity contribution < 1.29 is 23.6 Å². The van der Waals surface area contributed by atoms with E-state index in [1.54, 1.807) is 0 Å². The predicted octanol–water partition coefficient (Wildman–Crippen LogP) is 0.237. The van der Waals surface area contributed by atoms with E-state index in [0.717, 1.165) is 0 Å². The molecule has 0 atom stereocenters. The average Bonchev–Trinajstić information content (AvgIpc) is 2.02. The number of carboxylic acids is 1. The molecule has 1 rings (SSSR count). The molecule has 0 saturated carbocycles. The molecular weight excluding hydrogens is 200 g/mol. The van der Waals surface area contributed by atoms with Gasteiger partial charge in [0.05, 0.1) is 16.5 Å². The topological polar surface area (TPSA) is 83.3 Å². The number of hydrogen-bond donors (Lipinski definition) is 0. The number of carbonyl (C=O) groups is 1. The maximum atomic E-state index is 12.9. The second kappa shape index (κ2) is 3.36. The first-order valence-corrected chi connectivity index (χ1v) is 3.29. The van der Waals surface area contributed by atoms with Crippen molar-refractivity contribution in [3.05, 3.63) is 39.4 Å². The highest BCUT2D eigenvalue weighted by Crippen LogP contribution is 2.22. The van der Waals surface area contributed by atoms with Gasteiger partial charge in [-0.15, -0.1) is 0 Å². The second-order valence-corrected chi connectivity index (χ2v) is 2.30. The largest absolute Gasteiger partial charge is 0.545 e. The number of nitro groups is 1. The van der Waals surface area contributed by atoms with Gasteiger partial charge in [0.1, 0.15) is 5.82 Å². The molecule has 7 heteroatoms. The zero-order chi connectivity index (χ0) is 10.9. The summed E-state index contributed by atoms with van der Waals surface area (Å²) in [5.74, 6) is -5.29. The molecule has 0 spiro atoms. The first-order valence-electron chi connectivity index (χ1n) is 3.29. The number of carbonyl (C=O) groups excluding carboxylic acids is 1. The predicted molar refractivity (Wildman–Crippen MR) is 37.3 cm³/mol. The fourth-order valence-corrected chi connectivity index (χ4v) is 0.870. The van der Waals surface area contributed by atoms with Gasteiger partial charge in [-0.2, -0.15) is 4.39 Å². The van der Waals surface area contributed by atoms with E-state index >= 15 is 0 Å². The molecule has 1 aromatic carbocycles. The van der Waals surface area contributed by atoms with Crippen LogP contribution in [0.3, 0.4) is 0 Å². The highest BCUT2D eigenvalue weighted by Gasteiger charge is 2.21. The Kier molecular flexibility index (Phi) is 2.41. The first kappa shape index (κ1) is 10.0. The molecule has 0 aliphatic rings. The van der Waals surface area contributed by atoms with E-state index < -0.39 is 33.8 Å². The summed E-state index contributed by atoms with van der Waals surface area (Å²) in [5, 5.41) is 20.3. The van der Waals surface area contributed by atoms with Crippen molar-refractivity contribution in [2.45, 2.75) is 0 Å². The molecule has 0 fully saturated rings. The van der Waals surface area contributed by atoms with Crippen molar-refractivity contribution in [1.82, 2.24) is 0 Å². The van der Waals surface area contributed by atoms with Gasteiger partial charge in [-0.3, -0.25) is 10.1 Å². The quantitative estimate of drug-likeness (QED) is 0.507. The Labute approximate surface area is 75.7 Å². The van der Waals surface area contributed by atoms with Gasteiger partial charge in [0, 0.05) is 6.07 Å². The Balaban J connectivity index is 3.49. The van der Waals surface area contributed by atoms with Crippen molar-refractivity contribution in [2.75, 3.05) is 0 Å². The van der Waals surface area contributed by atoms with E-state index in [2.05, 4.69) is 0 Å². The van der Waals surface area contributed by atoms with Crippen LogP contribution in [0.15, 0.2) is 12.1 Å².